The van der Waals surface area contributed by atoms with E-state index in [9.17, 15) is 14.7 Å². The number of carboxylic acid groups (broad SMARTS) is 1. The van der Waals surface area contributed by atoms with Crippen molar-refractivity contribution < 1.29 is 25.0 Å². The Bertz CT molecular complexity index is 1340. The predicted molar refractivity (Wildman–Crippen MR) is 129 cm³/mol. The summed E-state index contributed by atoms with van der Waals surface area (Å²) in [7, 11) is 0. The number of aromatic nitrogens is 2. The van der Waals surface area contributed by atoms with Gasteiger partial charge in [-0.1, -0.05) is 36.4 Å². The van der Waals surface area contributed by atoms with Gasteiger partial charge in [-0.3, -0.25) is 15.0 Å². The quantitative estimate of drug-likeness (QED) is 0.231. The Labute approximate surface area is 201 Å². The van der Waals surface area contributed by atoms with E-state index in [4.69, 9.17) is 10.3 Å². The molecule has 2 heterocycles. The van der Waals surface area contributed by atoms with E-state index in [-0.39, 0.29) is 35.8 Å². The summed E-state index contributed by atoms with van der Waals surface area (Å²) in [5.74, 6) is -1.87. The molecule has 4 aromatic rings. The van der Waals surface area contributed by atoms with E-state index in [0.717, 1.165) is 23.1 Å². The molecule has 4 rings (SSSR count). The lowest BCUT2D eigenvalue weighted by molar-refractivity contribution is 0.0695. The molecule has 0 atom stereocenters. The molecular formula is C25H22ClN3O5. The fraction of sp³-hybridized carbons (Fsp3) is 0.120. The van der Waals surface area contributed by atoms with Crippen molar-refractivity contribution in [3.8, 4) is 22.4 Å². The number of pyridine rings is 2. The number of amides is 1. The second kappa shape index (κ2) is 10.8. The zero-order valence-electron chi connectivity index (χ0n) is 17.9. The van der Waals surface area contributed by atoms with Gasteiger partial charge in [-0.2, -0.15) is 0 Å². The number of nitrogens with one attached hydrogen (secondary N) is 1. The number of hydroxylamine groups is 1. The first-order chi connectivity index (χ1) is 16.0. The van der Waals surface area contributed by atoms with Crippen molar-refractivity contribution in [2.45, 2.75) is 12.8 Å². The van der Waals surface area contributed by atoms with Crippen molar-refractivity contribution in [3.05, 3.63) is 83.7 Å². The molecule has 0 bridgehead atoms. The lowest BCUT2D eigenvalue weighted by Gasteiger charge is -2.12. The molecule has 9 heteroatoms. The van der Waals surface area contributed by atoms with Gasteiger partial charge < -0.3 is 10.2 Å². The van der Waals surface area contributed by atoms with Crippen LogP contribution < -0.4 is 5.48 Å². The first-order valence-electron chi connectivity index (χ1n) is 10.3. The van der Waals surface area contributed by atoms with Crippen molar-refractivity contribution in [1.82, 2.24) is 15.4 Å². The summed E-state index contributed by atoms with van der Waals surface area (Å²) in [6.07, 6.45) is 4.43. The minimum Gasteiger partial charge on any atom is -0.478 e. The van der Waals surface area contributed by atoms with Gasteiger partial charge in [0.25, 0.3) is 5.91 Å². The molecule has 0 saturated heterocycles. The molecular weight excluding hydrogens is 458 g/mol. The van der Waals surface area contributed by atoms with Crippen LogP contribution in [-0.4, -0.2) is 43.9 Å². The van der Waals surface area contributed by atoms with Gasteiger partial charge in [0.2, 0.25) is 0 Å². The van der Waals surface area contributed by atoms with E-state index in [0.29, 0.717) is 22.9 Å². The second-order valence-electron chi connectivity index (χ2n) is 7.48. The minimum atomic E-state index is -1.13. The molecule has 2 aromatic carbocycles. The Morgan fingerprint density at radius 1 is 0.941 bits per heavy atom. The van der Waals surface area contributed by atoms with Crippen LogP contribution in [0.3, 0.4) is 0 Å². The molecule has 34 heavy (non-hydrogen) atoms. The predicted octanol–water partition coefficient (Wildman–Crippen LogP) is 4.13. The number of fused-ring (bicyclic) bond motifs is 1. The molecule has 0 spiro atoms. The topological polar surface area (TPSA) is 133 Å². The summed E-state index contributed by atoms with van der Waals surface area (Å²) in [6.45, 7) is 0.131. The maximum atomic E-state index is 12.2. The maximum absolute atomic E-state index is 12.2. The molecule has 4 N–H and O–H groups in total. The number of aryl methyl sites for hydroxylation is 1. The largest absolute Gasteiger partial charge is 0.478 e. The Morgan fingerprint density at radius 3 is 2.35 bits per heavy atom. The lowest BCUT2D eigenvalue weighted by atomic mass is 9.95. The first kappa shape index (κ1) is 24.8. The van der Waals surface area contributed by atoms with Crippen LogP contribution in [0.4, 0.5) is 0 Å². The standard InChI is InChI=1S/C25H21N3O5.ClH/c29-11-1-2-15-3-5-16(6-4-15)17-7-8-18(20(12-17)25(31)32)23-13-19(24(30)28-33)21-14-26-10-9-22(21)27-23;/h3-10,12-14,29,33H,1-2,11H2,(H,28,30)(H,31,32);1H. The van der Waals surface area contributed by atoms with Crippen LogP contribution >= 0.6 is 12.4 Å². The van der Waals surface area contributed by atoms with Gasteiger partial charge in [0.15, 0.2) is 0 Å². The van der Waals surface area contributed by atoms with Crippen LogP contribution in [0.25, 0.3) is 33.3 Å². The minimum absolute atomic E-state index is 0. The van der Waals surface area contributed by atoms with Gasteiger partial charge in [-0.15, -0.1) is 12.4 Å². The Morgan fingerprint density at radius 2 is 1.68 bits per heavy atom. The van der Waals surface area contributed by atoms with E-state index < -0.39 is 11.9 Å². The van der Waals surface area contributed by atoms with Crippen LogP contribution in [0, 0.1) is 0 Å². The molecule has 174 valence electrons. The number of aromatic carboxylic acids is 1. The first-order valence-corrected chi connectivity index (χ1v) is 10.3. The van der Waals surface area contributed by atoms with Crippen molar-refractivity contribution in [3.63, 3.8) is 0 Å². The molecule has 0 aliphatic carbocycles. The van der Waals surface area contributed by atoms with E-state index in [1.807, 2.05) is 24.3 Å². The number of carboxylic acids is 1. The third-order valence-corrected chi connectivity index (χ3v) is 5.39. The van der Waals surface area contributed by atoms with Crippen molar-refractivity contribution in [2.24, 2.45) is 0 Å². The highest BCUT2D eigenvalue weighted by Gasteiger charge is 2.18. The number of hydrogen-bond donors (Lipinski definition) is 4. The lowest BCUT2D eigenvalue weighted by Crippen LogP contribution is -2.19. The van der Waals surface area contributed by atoms with Gasteiger partial charge in [-0.25, -0.2) is 15.3 Å². The maximum Gasteiger partial charge on any atom is 0.336 e. The number of carbonyl (C=O) groups is 2. The van der Waals surface area contributed by atoms with Crippen LogP contribution in [0.2, 0.25) is 0 Å². The number of carbonyl (C=O) groups excluding carboxylic acids is 1. The van der Waals surface area contributed by atoms with E-state index >= 15 is 0 Å². The average Bonchev–Trinajstić information content (AvgIpc) is 2.86. The molecule has 1 amide bonds. The van der Waals surface area contributed by atoms with Gasteiger partial charge >= 0.3 is 5.97 Å². The van der Waals surface area contributed by atoms with Crippen molar-refractivity contribution in [1.29, 1.82) is 0 Å². The monoisotopic (exact) mass is 479 g/mol. The Hall–Kier alpha value is -3.85. The normalized spacial score (nSPS) is 10.5. The summed E-state index contributed by atoms with van der Waals surface area (Å²) in [5, 5.41) is 28.4. The Balaban J connectivity index is 0.00000324. The van der Waals surface area contributed by atoms with Crippen LogP contribution in [0.5, 0.6) is 0 Å². The number of aliphatic hydroxyl groups excluding tert-OH is 1. The molecule has 8 nitrogen and oxygen atoms in total. The zero-order valence-corrected chi connectivity index (χ0v) is 18.7. The highest BCUT2D eigenvalue weighted by molar-refractivity contribution is 6.07. The highest BCUT2D eigenvalue weighted by Crippen LogP contribution is 2.31. The number of nitrogens with zero attached hydrogens (tertiary/aromatic N) is 2. The highest BCUT2D eigenvalue weighted by atomic mass is 35.5. The zero-order chi connectivity index (χ0) is 23.4. The fourth-order valence-electron chi connectivity index (χ4n) is 3.73. The van der Waals surface area contributed by atoms with Gasteiger partial charge in [0, 0.05) is 30.0 Å². The van der Waals surface area contributed by atoms with Gasteiger partial charge in [-0.05, 0) is 47.7 Å². The fourth-order valence-corrected chi connectivity index (χ4v) is 3.73. The van der Waals surface area contributed by atoms with Gasteiger partial charge in [0.05, 0.1) is 22.3 Å². The number of benzene rings is 2. The number of rotatable bonds is 7. The van der Waals surface area contributed by atoms with E-state index in [1.165, 1.54) is 18.5 Å². The molecule has 0 unspecified atom stereocenters. The van der Waals surface area contributed by atoms with Crippen LogP contribution in [-0.2, 0) is 6.42 Å². The van der Waals surface area contributed by atoms with E-state index in [1.54, 1.807) is 29.7 Å². The molecule has 0 aliphatic heterocycles. The summed E-state index contributed by atoms with van der Waals surface area (Å²) < 4.78 is 0. The third-order valence-electron chi connectivity index (χ3n) is 5.39. The number of halogens is 1. The van der Waals surface area contributed by atoms with Gasteiger partial charge in [0.1, 0.15) is 0 Å². The van der Waals surface area contributed by atoms with E-state index in [2.05, 4.69) is 9.97 Å². The van der Waals surface area contributed by atoms with Crippen molar-refractivity contribution in [2.75, 3.05) is 6.61 Å². The van der Waals surface area contributed by atoms with Crippen LogP contribution in [0.15, 0.2) is 67.0 Å². The summed E-state index contributed by atoms with van der Waals surface area (Å²) in [5.41, 5.74) is 5.52. The summed E-state index contributed by atoms with van der Waals surface area (Å²) >= 11 is 0. The Kier molecular flexibility index (Phi) is 7.91. The van der Waals surface area contributed by atoms with Crippen LogP contribution in [0.1, 0.15) is 32.7 Å². The number of aliphatic hydroxyl groups is 1. The molecule has 0 aliphatic rings. The summed E-state index contributed by atoms with van der Waals surface area (Å²) in [6, 6.07) is 15.8. The third kappa shape index (κ3) is 5.04. The number of hydrogen-bond acceptors (Lipinski definition) is 6. The SMILES string of the molecule is Cl.O=C(O)c1cc(-c2ccc(CCCO)cc2)ccc1-c1cc(C(=O)NO)c2cnccc2n1. The smallest absolute Gasteiger partial charge is 0.336 e. The second-order valence-corrected chi connectivity index (χ2v) is 7.48. The molecule has 0 radical (unpaired) electrons. The molecule has 0 fully saturated rings. The summed E-state index contributed by atoms with van der Waals surface area (Å²) in [4.78, 5) is 32.8. The molecule has 0 saturated carbocycles. The molecule has 2 aromatic heterocycles. The van der Waals surface area contributed by atoms with Crippen molar-refractivity contribution >= 4 is 35.2 Å². The average molecular weight is 480 g/mol.